The highest BCUT2D eigenvalue weighted by Gasteiger charge is 2.21. The molecule has 1 heterocycles. The van der Waals surface area contributed by atoms with Crippen LogP contribution in [0.3, 0.4) is 0 Å². The first kappa shape index (κ1) is 18.9. The number of nitrogens with one attached hydrogen (secondary N) is 1. The molecule has 0 saturated heterocycles. The van der Waals surface area contributed by atoms with Gasteiger partial charge in [-0.25, -0.2) is 9.78 Å². The summed E-state index contributed by atoms with van der Waals surface area (Å²) in [6, 6.07) is 16.2. The van der Waals surface area contributed by atoms with Gasteiger partial charge in [0, 0.05) is 22.5 Å². The summed E-state index contributed by atoms with van der Waals surface area (Å²) in [7, 11) is 0. The lowest BCUT2D eigenvalue weighted by molar-refractivity contribution is -0.128. The van der Waals surface area contributed by atoms with Gasteiger partial charge in [-0.3, -0.25) is 4.79 Å². The van der Waals surface area contributed by atoms with Crippen LogP contribution in [0.25, 0.3) is 22.2 Å². The number of hydrogen-bond donors (Lipinski definition) is 1. The van der Waals surface area contributed by atoms with E-state index < -0.39 is 12.1 Å². The Labute approximate surface area is 162 Å². The first-order valence-corrected chi connectivity index (χ1v) is 9.01. The maximum Gasteiger partial charge on any atom is 0.339 e. The molecule has 3 rings (SSSR count). The normalized spacial score (nSPS) is 11.8. The van der Waals surface area contributed by atoms with Gasteiger partial charge in [-0.05, 0) is 38.1 Å². The average Bonchev–Trinajstić information content (AvgIpc) is 2.67. The summed E-state index contributed by atoms with van der Waals surface area (Å²) in [4.78, 5) is 29.3. The molecule has 3 aromatic rings. The van der Waals surface area contributed by atoms with Gasteiger partial charge in [0.25, 0.3) is 5.91 Å². The molecule has 0 aliphatic heterocycles. The van der Waals surface area contributed by atoms with Gasteiger partial charge in [0.05, 0.1) is 16.8 Å². The second-order valence-corrected chi connectivity index (χ2v) is 6.46. The number of halogens is 1. The number of hydrogen-bond acceptors (Lipinski definition) is 4. The molecule has 0 unspecified atom stereocenters. The van der Waals surface area contributed by atoms with Crippen molar-refractivity contribution < 1.29 is 14.3 Å². The SMILES string of the molecule is CCNC(=O)[C@H](C)OC(=O)c1cc(-c2ccc(Cl)cc2)nc2ccccc12. The van der Waals surface area contributed by atoms with E-state index in [1.54, 1.807) is 38.1 Å². The smallest absolute Gasteiger partial charge is 0.339 e. The van der Waals surface area contributed by atoms with Crippen molar-refractivity contribution in [2.75, 3.05) is 6.54 Å². The number of carbonyl (C=O) groups is 2. The highest BCUT2D eigenvalue weighted by atomic mass is 35.5. The predicted molar refractivity (Wildman–Crippen MR) is 106 cm³/mol. The lowest BCUT2D eigenvalue weighted by atomic mass is 10.0. The number of pyridine rings is 1. The average molecular weight is 383 g/mol. The Morgan fingerprint density at radius 2 is 1.85 bits per heavy atom. The highest BCUT2D eigenvalue weighted by molar-refractivity contribution is 6.30. The summed E-state index contributed by atoms with van der Waals surface area (Å²) in [5, 5.41) is 3.93. The number of esters is 1. The molecule has 1 amide bonds. The van der Waals surface area contributed by atoms with Crippen LogP contribution in [-0.2, 0) is 9.53 Å². The Balaban J connectivity index is 2.01. The van der Waals surface area contributed by atoms with Crippen LogP contribution in [0.5, 0.6) is 0 Å². The number of para-hydroxylation sites is 1. The van der Waals surface area contributed by atoms with E-state index in [2.05, 4.69) is 10.3 Å². The van der Waals surface area contributed by atoms with Gasteiger partial charge in [0.15, 0.2) is 6.10 Å². The second kappa shape index (κ2) is 8.18. The molecule has 0 fully saturated rings. The fourth-order valence-corrected chi connectivity index (χ4v) is 2.83. The molecule has 0 bridgehead atoms. The van der Waals surface area contributed by atoms with Crippen molar-refractivity contribution in [3.63, 3.8) is 0 Å². The molecule has 2 aromatic carbocycles. The number of carbonyl (C=O) groups excluding carboxylic acids is 2. The number of likely N-dealkylation sites (N-methyl/N-ethyl adjacent to an activating group) is 1. The minimum Gasteiger partial charge on any atom is -0.449 e. The van der Waals surface area contributed by atoms with Crippen LogP contribution < -0.4 is 5.32 Å². The van der Waals surface area contributed by atoms with Gasteiger partial charge >= 0.3 is 5.97 Å². The van der Waals surface area contributed by atoms with E-state index in [-0.39, 0.29) is 5.91 Å². The molecule has 0 radical (unpaired) electrons. The number of ether oxygens (including phenoxy) is 1. The molecule has 1 atom stereocenters. The topological polar surface area (TPSA) is 68.3 Å². The molecule has 6 heteroatoms. The van der Waals surface area contributed by atoms with Crippen molar-refractivity contribution in [1.29, 1.82) is 0 Å². The van der Waals surface area contributed by atoms with Crippen molar-refractivity contribution in [1.82, 2.24) is 10.3 Å². The van der Waals surface area contributed by atoms with Crippen LogP contribution in [0.2, 0.25) is 5.02 Å². The van der Waals surface area contributed by atoms with Crippen LogP contribution in [0, 0.1) is 0 Å². The van der Waals surface area contributed by atoms with E-state index in [0.29, 0.717) is 33.7 Å². The molecule has 0 saturated carbocycles. The molecule has 0 aliphatic rings. The van der Waals surface area contributed by atoms with Gasteiger partial charge < -0.3 is 10.1 Å². The zero-order valence-corrected chi connectivity index (χ0v) is 15.8. The number of nitrogens with zero attached hydrogens (tertiary/aromatic N) is 1. The predicted octanol–water partition coefficient (Wildman–Crippen LogP) is 4.24. The van der Waals surface area contributed by atoms with E-state index in [9.17, 15) is 9.59 Å². The summed E-state index contributed by atoms with van der Waals surface area (Å²) in [6.45, 7) is 3.83. The molecular weight excluding hydrogens is 364 g/mol. The molecule has 27 heavy (non-hydrogen) atoms. The fourth-order valence-electron chi connectivity index (χ4n) is 2.71. The lowest BCUT2D eigenvalue weighted by Gasteiger charge is -2.14. The second-order valence-electron chi connectivity index (χ2n) is 6.02. The molecule has 5 nitrogen and oxygen atoms in total. The van der Waals surface area contributed by atoms with E-state index in [4.69, 9.17) is 16.3 Å². The third-order valence-electron chi connectivity index (χ3n) is 4.08. The summed E-state index contributed by atoms with van der Waals surface area (Å²) in [6.07, 6.45) is -0.886. The van der Waals surface area contributed by atoms with Crippen LogP contribution in [0.15, 0.2) is 54.6 Å². The minimum atomic E-state index is -0.886. The first-order chi connectivity index (χ1) is 13.0. The molecule has 0 aliphatic carbocycles. The van der Waals surface area contributed by atoms with E-state index in [1.165, 1.54) is 0 Å². The summed E-state index contributed by atoms with van der Waals surface area (Å²) < 4.78 is 5.37. The van der Waals surface area contributed by atoms with Gasteiger partial charge in [-0.1, -0.05) is 41.9 Å². The number of aromatic nitrogens is 1. The van der Waals surface area contributed by atoms with Crippen molar-refractivity contribution in [2.24, 2.45) is 0 Å². The zero-order valence-electron chi connectivity index (χ0n) is 15.0. The Kier molecular flexibility index (Phi) is 5.72. The maximum absolute atomic E-state index is 12.8. The van der Waals surface area contributed by atoms with Crippen molar-refractivity contribution in [2.45, 2.75) is 20.0 Å². The van der Waals surface area contributed by atoms with Crippen LogP contribution in [-0.4, -0.2) is 29.5 Å². The van der Waals surface area contributed by atoms with Crippen LogP contribution >= 0.6 is 11.6 Å². The fraction of sp³-hybridized carbons (Fsp3) is 0.190. The number of rotatable bonds is 5. The summed E-state index contributed by atoms with van der Waals surface area (Å²) in [5.41, 5.74) is 2.49. The van der Waals surface area contributed by atoms with Crippen LogP contribution in [0.4, 0.5) is 0 Å². The number of fused-ring (bicyclic) bond motifs is 1. The molecule has 1 N–H and O–H groups in total. The van der Waals surface area contributed by atoms with Gasteiger partial charge in [0.2, 0.25) is 0 Å². The lowest BCUT2D eigenvalue weighted by Crippen LogP contribution is -2.35. The monoisotopic (exact) mass is 382 g/mol. The Morgan fingerprint density at radius 3 is 2.56 bits per heavy atom. The zero-order chi connectivity index (χ0) is 19.4. The van der Waals surface area contributed by atoms with Gasteiger partial charge in [-0.2, -0.15) is 0 Å². The van der Waals surface area contributed by atoms with Crippen molar-refractivity contribution in [3.05, 3.63) is 65.2 Å². The standard InChI is InChI=1S/C21H19ClN2O3/c1-3-23-20(25)13(2)27-21(26)17-12-19(14-8-10-15(22)11-9-14)24-18-7-5-4-6-16(17)18/h4-13H,3H2,1-2H3,(H,23,25)/t13-/m0/s1. The molecule has 0 spiro atoms. The van der Waals surface area contributed by atoms with E-state index >= 15 is 0 Å². The minimum absolute atomic E-state index is 0.331. The third-order valence-corrected chi connectivity index (χ3v) is 4.33. The van der Waals surface area contributed by atoms with Crippen molar-refractivity contribution in [3.8, 4) is 11.3 Å². The van der Waals surface area contributed by atoms with Crippen LogP contribution in [0.1, 0.15) is 24.2 Å². The van der Waals surface area contributed by atoms with E-state index in [0.717, 1.165) is 5.56 Å². The van der Waals surface area contributed by atoms with Gasteiger partial charge in [0.1, 0.15) is 0 Å². The Hall–Kier alpha value is -2.92. The first-order valence-electron chi connectivity index (χ1n) is 8.64. The van der Waals surface area contributed by atoms with Gasteiger partial charge in [-0.15, -0.1) is 0 Å². The molecular formula is C21H19ClN2O3. The van der Waals surface area contributed by atoms with Crippen molar-refractivity contribution >= 4 is 34.4 Å². The largest absolute Gasteiger partial charge is 0.449 e. The quantitative estimate of drug-likeness (QED) is 0.670. The number of benzene rings is 2. The summed E-state index contributed by atoms with van der Waals surface area (Å²) in [5.74, 6) is -0.898. The number of amides is 1. The molecule has 138 valence electrons. The maximum atomic E-state index is 12.8. The van der Waals surface area contributed by atoms with E-state index in [1.807, 2.05) is 30.3 Å². The third kappa shape index (κ3) is 4.26. The molecule has 1 aromatic heterocycles. The Morgan fingerprint density at radius 1 is 1.15 bits per heavy atom. The Bertz CT molecular complexity index is 986. The highest BCUT2D eigenvalue weighted by Crippen LogP contribution is 2.26. The summed E-state index contributed by atoms with van der Waals surface area (Å²) >= 11 is 5.96.